The Bertz CT molecular complexity index is 1220. The molecule has 1 atom stereocenters. The number of aryl methyl sites for hydroxylation is 1. The molecule has 3 aromatic carbocycles. The summed E-state index contributed by atoms with van der Waals surface area (Å²) in [5.74, 6) is 0.792. The van der Waals surface area contributed by atoms with Gasteiger partial charge in [-0.1, -0.05) is 61.9 Å². The summed E-state index contributed by atoms with van der Waals surface area (Å²) < 4.78 is 28.0. The Hall–Kier alpha value is -2.77. The number of anilines is 2. The summed E-state index contributed by atoms with van der Waals surface area (Å²) in [4.78, 5) is 14.9. The zero-order valence-corrected chi connectivity index (χ0v) is 19.9. The van der Waals surface area contributed by atoms with Crippen LogP contribution < -0.4 is 9.62 Å². The van der Waals surface area contributed by atoms with Crippen molar-refractivity contribution in [1.82, 2.24) is 0 Å². The molecule has 0 spiro atoms. The van der Waals surface area contributed by atoms with E-state index >= 15 is 0 Å². The highest BCUT2D eigenvalue weighted by atomic mass is 32.2. The lowest BCUT2D eigenvalue weighted by molar-refractivity contribution is -0.115. The summed E-state index contributed by atoms with van der Waals surface area (Å²) in [7, 11) is -3.66. The molecule has 166 valence electrons. The van der Waals surface area contributed by atoms with Crippen LogP contribution in [0.4, 0.5) is 11.4 Å². The van der Waals surface area contributed by atoms with Gasteiger partial charge in [0.1, 0.15) is 5.37 Å². The van der Waals surface area contributed by atoms with Crippen LogP contribution >= 0.6 is 11.8 Å². The Kier molecular flexibility index (Phi) is 6.31. The fourth-order valence-corrected chi connectivity index (χ4v) is 6.00. The van der Waals surface area contributed by atoms with Gasteiger partial charge in [0.25, 0.3) is 10.0 Å². The molecule has 0 radical (unpaired) electrons. The number of thioether (sulfide) groups is 1. The van der Waals surface area contributed by atoms with Crippen LogP contribution in [0.15, 0.2) is 77.7 Å². The van der Waals surface area contributed by atoms with Crippen molar-refractivity contribution in [1.29, 1.82) is 0 Å². The second-order valence-electron chi connectivity index (χ2n) is 8.18. The van der Waals surface area contributed by atoms with E-state index in [1.54, 1.807) is 48.2 Å². The summed E-state index contributed by atoms with van der Waals surface area (Å²) >= 11 is 1.58. The van der Waals surface area contributed by atoms with Gasteiger partial charge in [-0.05, 0) is 54.3 Å². The number of benzene rings is 3. The average Bonchev–Trinajstić information content (AvgIpc) is 3.15. The van der Waals surface area contributed by atoms with E-state index in [4.69, 9.17) is 0 Å². The predicted octanol–water partition coefficient (Wildman–Crippen LogP) is 5.70. The highest BCUT2D eigenvalue weighted by Crippen LogP contribution is 2.44. The third-order valence-corrected chi connectivity index (χ3v) is 8.08. The van der Waals surface area contributed by atoms with E-state index in [0.29, 0.717) is 17.4 Å². The smallest absolute Gasteiger partial charge is 0.261 e. The first-order chi connectivity index (χ1) is 15.3. The Morgan fingerprint density at radius 2 is 1.62 bits per heavy atom. The van der Waals surface area contributed by atoms with Gasteiger partial charge in [-0.25, -0.2) is 8.42 Å². The quantitative estimate of drug-likeness (QED) is 0.506. The molecule has 0 saturated carbocycles. The van der Waals surface area contributed by atoms with E-state index < -0.39 is 10.0 Å². The van der Waals surface area contributed by atoms with E-state index in [0.717, 1.165) is 22.4 Å². The monoisotopic (exact) mass is 466 g/mol. The van der Waals surface area contributed by atoms with Crippen LogP contribution in [0.5, 0.6) is 0 Å². The maximum absolute atomic E-state index is 12.8. The van der Waals surface area contributed by atoms with Gasteiger partial charge < -0.3 is 0 Å². The van der Waals surface area contributed by atoms with Crippen molar-refractivity contribution in [3.05, 3.63) is 89.5 Å². The molecule has 0 bridgehead atoms. The van der Waals surface area contributed by atoms with E-state index in [9.17, 15) is 13.2 Å². The van der Waals surface area contributed by atoms with Crippen molar-refractivity contribution >= 4 is 39.1 Å². The number of hydrogen-bond acceptors (Lipinski definition) is 4. The molecular formula is C25H26N2O3S2. The Labute approximate surface area is 193 Å². The molecular weight excluding hydrogens is 440 g/mol. The van der Waals surface area contributed by atoms with E-state index in [2.05, 4.69) is 24.6 Å². The highest BCUT2D eigenvalue weighted by Gasteiger charge is 2.35. The lowest BCUT2D eigenvalue weighted by Gasteiger charge is -2.27. The number of nitrogens with one attached hydrogen (secondary N) is 1. The molecule has 1 fully saturated rings. The number of para-hydroxylation sites is 1. The fourth-order valence-electron chi connectivity index (χ4n) is 3.77. The summed E-state index contributed by atoms with van der Waals surface area (Å²) in [6.45, 7) is 6.16. The SMILES string of the molecule is Cc1ccc(S(=O)(=O)Nc2ccc(C3SCC(=O)N3c3ccccc3C(C)C)cc2)cc1. The van der Waals surface area contributed by atoms with Gasteiger partial charge in [0.2, 0.25) is 5.91 Å². The number of sulfonamides is 1. The van der Waals surface area contributed by atoms with Gasteiger partial charge in [-0.2, -0.15) is 0 Å². The fraction of sp³-hybridized carbons (Fsp3) is 0.240. The lowest BCUT2D eigenvalue weighted by Crippen LogP contribution is -2.29. The van der Waals surface area contributed by atoms with E-state index in [1.165, 1.54) is 0 Å². The minimum Gasteiger partial charge on any atom is -0.295 e. The Morgan fingerprint density at radius 1 is 0.969 bits per heavy atom. The van der Waals surface area contributed by atoms with Crippen molar-refractivity contribution in [3.8, 4) is 0 Å². The van der Waals surface area contributed by atoms with Crippen molar-refractivity contribution in [2.75, 3.05) is 15.4 Å². The molecule has 3 aromatic rings. The minimum atomic E-state index is -3.66. The second-order valence-corrected chi connectivity index (χ2v) is 10.9. The number of amides is 1. The lowest BCUT2D eigenvalue weighted by atomic mass is 10.00. The molecule has 0 aromatic heterocycles. The van der Waals surface area contributed by atoms with Crippen LogP contribution in [0.25, 0.3) is 0 Å². The standard InChI is InChI=1S/C25H26N2O3S2/c1-17(2)22-6-4-5-7-23(22)27-24(28)16-31-25(27)19-10-12-20(13-11-19)26-32(29,30)21-14-8-18(3)9-15-21/h4-15,17,25-26H,16H2,1-3H3. The van der Waals surface area contributed by atoms with E-state index in [1.807, 2.05) is 42.2 Å². The van der Waals surface area contributed by atoms with E-state index in [-0.39, 0.29) is 16.2 Å². The predicted molar refractivity (Wildman–Crippen MR) is 132 cm³/mol. The molecule has 1 saturated heterocycles. The number of hydrogen-bond donors (Lipinski definition) is 1. The molecule has 32 heavy (non-hydrogen) atoms. The summed E-state index contributed by atoms with van der Waals surface area (Å²) in [5, 5.41) is -0.148. The minimum absolute atomic E-state index is 0.0808. The van der Waals surface area contributed by atoms with Crippen LogP contribution in [0, 0.1) is 6.92 Å². The van der Waals surface area contributed by atoms with Crippen LogP contribution in [-0.4, -0.2) is 20.1 Å². The largest absolute Gasteiger partial charge is 0.295 e. The second kappa shape index (κ2) is 9.00. The molecule has 1 aliphatic heterocycles. The topological polar surface area (TPSA) is 66.5 Å². The van der Waals surface area contributed by atoms with Crippen LogP contribution in [0.2, 0.25) is 0 Å². The molecule has 1 N–H and O–H groups in total. The van der Waals surface area contributed by atoms with Gasteiger partial charge in [-0.3, -0.25) is 14.4 Å². The molecule has 0 aliphatic carbocycles. The maximum atomic E-state index is 12.8. The zero-order valence-electron chi connectivity index (χ0n) is 18.3. The zero-order chi connectivity index (χ0) is 22.9. The normalized spacial score (nSPS) is 16.6. The van der Waals surface area contributed by atoms with Crippen LogP contribution in [-0.2, 0) is 14.8 Å². The number of nitrogens with zero attached hydrogens (tertiary/aromatic N) is 1. The van der Waals surface area contributed by atoms with Gasteiger partial charge in [0.15, 0.2) is 0 Å². The molecule has 1 aliphatic rings. The summed E-state index contributed by atoms with van der Waals surface area (Å²) in [6.07, 6.45) is 0. The molecule has 1 unspecified atom stereocenters. The van der Waals surface area contributed by atoms with Crippen molar-refractivity contribution in [2.24, 2.45) is 0 Å². The average molecular weight is 467 g/mol. The first kappa shape index (κ1) is 22.4. The summed E-state index contributed by atoms with van der Waals surface area (Å²) in [5.41, 5.74) is 4.51. The van der Waals surface area contributed by atoms with Crippen molar-refractivity contribution in [2.45, 2.75) is 37.0 Å². The van der Waals surface area contributed by atoms with Crippen molar-refractivity contribution < 1.29 is 13.2 Å². The maximum Gasteiger partial charge on any atom is 0.261 e. The van der Waals surface area contributed by atoms with Gasteiger partial charge in [0.05, 0.1) is 10.6 Å². The third-order valence-electron chi connectivity index (χ3n) is 5.47. The van der Waals surface area contributed by atoms with Crippen LogP contribution in [0.3, 0.4) is 0 Å². The van der Waals surface area contributed by atoms with Gasteiger partial charge in [-0.15, -0.1) is 11.8 Å². The first-order valence-electron chi connectivity index (χ1n) is 10.5. The number of rotatable bonds is 6. The number of carbonyl (C=O) groups excluding carboxylic acids is 1. The molecule has 4 rings (SSSR count). The molecule has 5 nitrogen and oxygen atoms in total. The Balaban J connectivity index is 1.58. The van der Waals surface area contributed by atoms with Crippen molar-refractivity contribution in [3.63, 3.8) is 0 Å². The Morgan fingerprint density at radius 3 is 2.28 bits per heavy atom. The molecule has 1 amide bonds. The summed E-state index contributed by atoms with van der Waals surface area (Å²) in [6, 6.07) is 22.0. The molecule has 7 heteroatoms. The third kappa shape index (κ3) is 4.54. The van der Waals surface area contributed by atoms with Crippen LogP contribution in [0.1, 0.15) is 41.8 Å². The van der Waals surface area contributed by atoms with Gasteiger partial charge >= 0.3 is 0 Å². The molecule has 1 heterocycles. The first-order valence-corrected chi connectivity index (χ1v) is 13.0. The highest BCUT2D eigenvalue weighted by molar-refractivity contribution is 8.00. The van der Waals surface area contributed by atoms with Gasteiger partial charge in [0, 0.05) is 11.4 Å². The number of carbonyl (C=O) groups is 1.